The van der Waals surface area contributed by atoms with Gasteiger partial charge in [0.25, 0.3) is 5.91 Å². The van der Waals surface area contributed by atoms with Crippen LogP contribution in [0.5, 0.6) is 0 Å². The lowest BCUT2D eigenvalue weighted by Crippen LogP contribution is -2.46. The second-order valence-electron chi connectivity index (χ2n) is 7.54. The molecule has 0 unspecified atom stereocenters. The van der Waals surface area contributed by atoms with Gasteiger partial charge >= 0.3 is 0 Å². The van der Waals surface area contributed by atoms with Gasteiger partial charge in [-0.1, -0.05) is 42.6 Å². The maximum Gasteiger partial charge on any atom is 0.294 e. The summed E-state index contributed by atoms with van der Waals surface area (Å²) in [5.74, 6) is -1.51. The lowest BCUT2D eigenvalue weighted by molar-refractivity contribution is -0.123. The molecule has 2 amide bonds. The smallest absolute Gasteiger partial charge is 0.294 e. The normalized spacial score (nSPS) is 14.9. The quantitative estimate of drug-likeness (QED) is 0.549. The molecule has 1 fully saturated rings. The molecular formula is C24H22ClFN2O3. The summed E-state index contributed by atoms with van der Waals surface area (Å²) in [6.45, 7) is 0. The van der Waals surface area contributed by atoms with Gasteiger partial charge < -0.3 is 9.73 Å². The van der Waals surface area contributed by atoms with Gasteiger partial charge in [0.1, 0.15) is 11.9 Å². The number of hydrogen-bond donors (Lipinski definition) is 1. The van der Waals surface area contributed by atoms with Gasteiger partial charge in [-0.15, -0.1) is 0 Å². The topological polar surface area (TPSA) is 62.6 Å². The molecule has 1 aliphatic rings. The third kappa shape index (κ3) is 4.64. The van der Waals surface area contributed by atoms with Gasteiger partial charge in [0.2, 0.25) is 5.91 Å². The van der Waals surface area contributed by atoms with E-state index >= 15 is 0 Å². The minimum absolute atomic E-state index is 0.00700. The maximum absolute atomic E-state index is 14.9. The van der Waals surface area contributed by atoms with Crippen LogP contribution < -0.4 is 10.2 Å². The molecule has 31 heavy (non-hydrogen) atoms. The molecular weight excluding hydrogens is 419 g/mol. The van der Waals surface area contributed by atoms with Crippen molar-refractivity contribution in [2.45, 2.75) is 37.8 Å². The minimum Gasteiger partial charge on any atom is -0.459 e. The Kier molecular flexibility index (Phi) is 6.37. The summed E-state index contributed by atoms with van der Waals surface area (Å²) in [5.41, 5.74) is 0.508. The maximum atomic E-state index is 14.9. The average molecular weight is 441 g/mol. The van der Waals surface area contributed by atoms with Crippen molar-refractivity contribution in [2.24, 2.45) is 0 Å². The highest BCUT2D eigenvalue weighted by atomic mass is 35.5. The molecule has 7 heteroatoms. The van der Waals surface area contributed by atoms with E-state index < -0.39 is 23.7 Å². The van der Waals surface area contributed by atoms with Crippen molar-refractivity contribution in [2.75, 3.05) is 4.90 Å². The highest BCUT2D eigenvalue weighted by Crippen LogP contribution is 2.32. The Balaban J connectivity index is 1.82. The molecule has 0 bridgehead atoms. The standard InChI is InChI=1S/C24H22ClFN2O3/c25-16-11-13-18(14-12-16)28(24(30)21-10-5-15-31-21)22(19-8-3-4-9-20(19)26)23(29)27-17-6-1-2-7-17/h3-5,8-15,17,22H,1-2,6-7H2,(H,27,29)/t22-/m1/s1. The molecule has 0 aliphatic heterocycles. The summed E-state index contributed by atoms with van der Waals surface area (Å²) in [6.07, 6.45) is 5.17. The van der Waals surface area contributed by atoms with Crippen LogP contribution in [0.25, 0.3) is 0 Å². The van der Waals surface area contributed by atoms with Crippen molar-refractivity contribution in [1.29, 1.82) is 0 Å². The zero-order valence-electron chi connectivity index (χ0n) is 16.8. The number of carbonyl (C=O) groups excluding carboxylic acids is 2. The molecule has 2 aromatic carbocycles. The van der Waals surface area contributed by atoms with Gasteiger partial charge in [-0.05, 0) is 55.3 Å². The van der Waals surface area contributed by atoms with Crippen molar-refractivity contribution >= 4 is 29.1 Å². The summed E-state index contributed by atoms with van der Waals surface area (Å²) in [7, 11) is 0. The average Bonchev–Trinajstić information content (AvgIpc) is 3.47. The third-order valence-corrected chi connectivity index (χ3v) is 5.72. The van der Waals surface area contributed by atoms with E-state index in [1.54, 1.807) is 42.5 Å². The predicted molar refractivity (Wildman–Crippen MR) is 117 cm³/mol. The van der Waals surface area contributed by atoms with E-state index in [2.05, 4.69) is 5.32 Å². The summed E-state index contributed by atoms with van der Waals surface area (Å²) in [5, 5.41) is 3.49. The number of hydrogen-bond acceptors (Lipinski definition) is 3. The number of rotatable bonds is 6. The monoisotopic (exact) mass is 440 g/mol. The fourth-order valence-electron chi connectivity index (χ4n) is 3.95. The first kappa shape index (κ1) is 21.1. The predicted octanol–water partition coefficient (Wildman–Crippen LogP) is 5.52. The number of amides is 2. The second-order valence-corrected chi connectivity index (χ2v) is 7.98. The van der Waals surface area contributed by atoms with E-state index in [-0.39, 0.29) is 17.4 Å². The van der Waals surface area contributed by atoms with Gasteiger partial charge in [-0.3, -0.25) is 14.5 Å². The number of carbonyl (C=O) groups is 2. The Labute approximate surface area is 184 Å². The molecule has 0 spiro atoms. The van der Waals surface area contributed by atoms with E-state index in [9.17, 15) is 14.0 Å². The molecule has 0 radical (unpaired) electrons. The van der Waals surface area contributed by atoms with Crippen LogP contribution in [0.4, 0.5) is 10.1 Å². The van der Waals surface area contributed by atoms with E-state index in [1.165, 1.54) is 29.4 Å². The Morgan fingerprint density at radius 2 is 1.74 bits per heavy atom. The van der Waals surface area contributed by atoms with Gasteiger partial charge in [0, 0.05) is 22.3 Å². The van der Waals surface area contributed by atoms with Crippen LogP contribution in [0.3, 0.4) is 0 Å². The molecule has 160 valence electrons. The molecule has 1 N–H and O–H groups in total. The molecule has 4 rings (SSSR count). The van der Waals surface area contributed by atoms with E-state index in [0.717, 1.165) is 25.7 Å². The molecule has 0 saturated heterocycles. The van der Waals surface area contributed by atoms with Crippen molar-refractivity contribution in [1.82, 2.24) is 5.32 Å². The lowest BCUT2D eigenvalue weighted by atomic mass is 10.0. The van der Waals surface area contributed by atoms with Crippen LogP contribution in [0.15, 0.2) is 71.3 Å². The second kappa shape index (κ2) is 9.35. The van der Waals surface area contributed by atoms with Crippen molar-refractivity contribution < 1.29 is 18.4 Å². The molecule has 1 atom stereocenters. The Morgan fingerprint density at radius 3 is 2.39 bits per heavy atom. The first-order chi connectivity index (χ1) is 15.0. The number of halogens is 2. The van der Waals surface area contributed by atoms with Gasteiger partial charge in [-0.25, -0.2) is 4.39 Å². The molecule has 5 nitrogen and oxygen atoms in total. The minimum atomic E-state index is -1.22. The van der Waals surface area contributed by atoms with Gasteiger partial charge in [0.15, 0.2) is 5.76 Å². The molecule has 3 aromatic rings. The van der Waals surface area contributed by atoms with E-state index in [4.69, 9.17) is 16.0 Å². The Hall–Kier alpha value is -3.12. The number of anilines is 1. The first-order valence-corrected chi connectivity index (χ1v) is 10.6. The Morgan fingerprint density at radius 1 is 1.03 bits per heavy atom. The van der Waals surface area contributed by atoms with Crippen molar-refractivity contribution in [3.05, 3.63) is 89.1 Å². The van der Waals surface area contributed by atoms with Crippen LogP contribution in [0.1, 0.15) is 47.8 Å². The zero-order valence-corrected chi connectivity index (χ0v) is 17.5. The van der Waals surface area contributed by atoms with Crippen LogP contribution >= 0.6 is 11.6 Å². The summed E-state index contributed by atoms with van der Waals surface area (Å²) < 4.78 is 20.2. The molecule has 1 heterocycles. The first-order valence-electron chi connectivity index (χ1n) is 10.2. The highest BCUT2D eigenvalue weighted by molar-refractivity contribution is 6.30. The number of nitrogens with zero attached hydrogens (tertiary/aromatic N) is 1. The van der Waals surface area contributed by atoms with Crippen molar-refractivity contribution in [3.8, 4) is 0 Å². The number of benzene rings is 2. The van der Waals surface area contributed by atoms with Crippen LogP contribution in [-0.4, -0.2) is 17.9 Å². The molecule has 1 aromatic heterocycles. The zero-order chi connectivity index (χ0) is 21.8. The van der Waals surface area contributed by atoms with Crippen LogP contribution in [-0.2, 0) is 4.79 Å². The largest absolute Gasteiger partial charge is 0.459 e. The summed E-state index contributed by atoms with van der Waals surface area (Å²) in [4.78, 5) is 28.2. The van der Waals surface area contributed by atoms with E-state index in [0.29, 0.717) is 10.7 Å². The number of furan rings is 1. The lowest BCUT2D eigenvalue weighted by Gasteiger charge is -2.32. The van der Waals surface area contributed by atoms with Gasteiger partial charge in [-0.2, -0.15) is 0 Å². The highest BCUT2D eigenvalue weighted by Gasteiger charge is 2.37. The number of nitrogens with one attached hydrogen (secondary N) is 1. The SMILES string of the molecule is O=C(NC1CCCC1)[C@@H](c1ccccc1F)N(C(=O)c1ccco1)c1ccc(Cl)cc1. The van der Waals surface area contributed by atoms with Gasteiger partial charge in [0.05, 0.1) is 6.26 Å². The Bertz CT molecular complexity index is 1050. The van der Waals surface area contributed by atoms with E-state index in [1.807, 2.05) is 0 Å². The fourth-order valence-corrected chi connectivity index (χ4v) is 4.07. The van der Waals surface area contributed by atoms with Crippen LogP contribution in [0, 0.1) is 5.82 Å². The van der Waals surface area contributed by atoms with Crippen molar-refractivity contribution in [3.63, 3.8) is 0 Å². The third-order valence-electron chi connectivity index (χ3n) is 5.46. The summed E-state index contributed by atoms with van der Waals surface area (Å²) in [6, 6.07) is 14.4. The fraction of sp³-hybridized carbons (Fsp3) is 0.250. The molecule has 1 saturated carbocycles. The summed E-state index contributed by atoms with van der Waals surface area (Å²) >= 11 is 6.03. The molecule has 1 aliphatic carbocycles. The van der Waals surface area contributed by atoms with Crippen LogP contribution in [0.2, 0.25) is 5.02 Å².